The number of rotatable bonds is 8. The van der Waals surface area contributed by atoms with Gasteiger partial charge >= 0.3 is 23.5 Å². The molecule has 178 valence electrons. The molecule has 0 aliphatic carbocycles. The molecule has 0 radical (unpaired) electrons. The standard InChI is InChI=1S/C11H17F2N2O12P3S/c1-6-3-4-15(9(31)14-6)8-10(2,12)7(16)11(13,25-8)5-24-29(20,21)27-30(22,23)26-28(17,18)19/h3-4,7-8,16H,5H2,1-2H3,(H,20,21)(H,22,23)(H2,17,18,19)/t7?,8-,10-,11-/m1/s1. The summed E-state index contributed by atoms with van der Waals surface area (Å²) < 4.78 is 80.3. The first kappa shape index (κ1) is 26.7. The van der Waals surface area contributed by atoms with Gasteiger partial charge in [-0.2, -0.15) is 8.62 Å². The monoisotopic (exact) mass is 532 g/mol. The number of aliphatic hydroxyl groups is 1. The van der Waals surface area contributed by atoms with Crippen molar-refractivity contribution in [1.29, 1.82) is 0 Å². The van der Waals surface area contributed by atoms with Gasteiger partial charge in [0.2, 0.25) is 4.77 Å². The number of nitrogens with zero attached hydrogens (tertiary/aromatic N) is 2. The molecule has 0 saturated carbocycles. The maximum absolute atomic E-state index is 15.1. The molecule has 0 bridgehead atoms. The number of hydrogen-bond donors (Lipinski definition) is 5. The van der Waals surface area contributed by atoms with Crippen LogP contribution in [0.1, 0.15) is 18.8 Å². The molecule has 1 aliphatic rings. The van der Waals surface area contributed by atoms with E-state index in [1.807, 2.05) is 0 Å². The largest absolute Gasteiger partial charge is 0.490 e. The Morgan fingerprint density at radius 3 is 2.32 bits per heavy atom. The Kier molecular flexibility index (Phi) is 7.49. The topological polar surface area (TPSA) is 207 Å². The van der Waals surface area contributed by atoms with E-state index in [1.165, 1.54) is 12.3 Å². The predicted octanol–water partition coefficient (Wildman–Crippen LogP) is 1.55. The Labute approximate surface area is 177 Å². The molecule has 6 atom stereocenters. The number of halogens is 2. The van der Waals surface area contributed by atoms with E-state index in [-0.39, 0.29) is 4.77 Å². The quantitative estimate of drug-likeness (QED) is 0.238. The number of phosphoric acid groups is 3. The fourth-order valence-corrected chi connectivity index (χ4v) is 5.85. The predicted molar refractivity (Wildman–Crippen MR) is 97.1 cm³/mol. The van der Waals surface area contributed by atoms with Gasteiger partial charge in [-0.15, -0.1) is 0 Å². The van der Waals surface area contributed by atoms with Gasteiger partial charge in [0.1, 0.15) is 6.61 Å². The fraction of sp³-hybridized carbons (Fsp3) is 0.636. The minimum atomic E-state index is -5.86. The zero-order chi connectivity index (χ0) is 24.0. The van der Waals surface area contributed by atoms with Crippen molar-refractivity contribution in [3.8, 4) is 0 Å². The van der Waals surface area contributed by atoms with Crippen molar-refractivity contribution < 1.29 is 65.0 Å². The SMILES string of the molecule is Cc1ccn([C@@H]2O[C@](F)(COP(=O)(O)OP(=O)(O)OP(=O)(O)O)C(O)[C@@]2(C)F)c(=S)n1. The van der Waals surface area contributed by atoms with Crippen LogP contribution in [0.5, 0.6) is 0 Å². The van der Waals surface area contributed by atoms with Crippen molar-refractivity contribution in [3.63, 3.8) is 0 Å². The van der Waals surface area contributed by atoms with E-state index < -0.39 is 53.9 Å². The third-order valence-electron chi connectivity index (χ3n) is 3.80. The summed E-state index contributed by atoms with van der Waals surface area (Å²) in [6.07, 6.45) is -3.33. The number of aliphatic hydroxyl groups excluding tert-OH is 1. The van der Waals surface area contributed by atoms with Crippen molar-refractivity contribution in [3.05, 3.63) is 22.7 Å². The van der Waals surface area contributed by atoms with Gasteiger partial charge in [-0.05, 0) is 32.1 Å². The van der Waals surface area contributed by atoms with Gasteiger partial charge in [0.15, 0.2) is 18.0 Å². The summed E-state index contributed by atoms with van der Waals surface area (Å²) in [5, 5.41) is 10.1. The van der Waals surface area contributed by atoms with E-state index in [0.29, 0.717) is 5.69 Å². The van der Waals surface area contributed by atoms with Crippen LogP contribution < -0.4 is 0 Å². The second-order valence-corrected chi connectivity index (χ2v) is 11.2. The second kappa shape index (κ2) is 8.69. The number of hydrogen-bond acceptors (Lipinski definition) is 10. The van der Waals surface area contributed by atoms with Crippen LogP contribution in [0.4, 0.5) is 8.78 Å². The highest BCUT2D eigenvalue weighted by molar-refractivity contribution is 7.71. The van der Waals surface area contributed by atoms with Crippen molar-refractivity contribution in [2.24, 2.45) is 0 Å². The maximum Gasteiger partial charge on any atom is 0.490 e. The lowest BCUT2D eigenvalue weighted by Gasteiger charge is -2.26. The minimum Gasteiger partial charge on any atom is -0.384 e. The molecular formula is C11H17F2N2O12P3S. The van der Waals surface area contributed by atoms with Crippen LogP contribution in [0.2, 0.25) is 0 Å². The lowest BCUT2D eigenvalue weighted by atomic mass is 9.97. The van der Waals surface area contributed by atoms with E-state index in [1.54, 1.807) is 6.92 Å². The van der Waals surface area contributed by atoms with Crippen LogP contribution in [0, 0.1) is 11.7 Å². The highest BCUT2D eigenvalue weighted by Crippen LogP contribution is 2.66. The number of ether oxygens (including phenoxy) is 1. The molecule has 1 fully saturated rings. The number of aromatic nitrogens is 2. The lowest BCUT2D eigenvalue weighted by Crippen LogP contribution is -2.46. The summed E-state index contributed by atoms with van der Waals surface area (Å²) in [7, 11) is -17.2. The second-order valence-electron chi connectivity index (χ2n) is 6.43. The smallest absolute Gasteiger partial charge is 0.384 e. The highest BCUT2D eigenvalue weighted by Gasteiger charge is 2.65. The van der Waals surface area contributed by atoms with Gasteiger partial charge in [0.05, 0.1) is 0 Å². The first-order valence-electron chi connectivity index (χ1n) is 7.86. The lowest BCUT2D eigenvalue weighted by molar-refractivity contribution is -0.204. The van der Waals surface area contributed by atoms with Crippen molar-refractivity contribution in [2.45, 2.75) is 37.7 Å². The Hall–Kier alpha value is -0.510. The summed E-state index contributed by atoms with van der Waals surface area (Å²) >= 11 is 4.95. The van der Waals surface area contributed by atoms with Crippen molar-refractivity contribution in [2.75, 3.05) is 6.61 Å². The molecule has 14 nitrogen and oxygen atoms in total. The summed E-state index contributed by atoms with van der Waals surface area (Å²) in [5.41, 5.74) is -2.43. The van der Waals surface area contributed by atoms with Gasteiger partial charge < -0.3 is 29.4 Å². The van der Waals surface area contributed by atoms with Crippen LogP contribution in [-0.4, -0.2) is 58.5 Å². The molecule has 0 spiro atoms. The first-order valence-corrected chi connectivity index (χ1v) is 12.8. The Balaban J connectivity index is 2.21. The van der Waals surface area contributed by atoms with Crippen molar-refractivity contribution in [1.82, 2.24) is 9.55 Å². The molecule has 0 aromatic carbocycles. The van der Waals surface area contributed by atoms with E-state index in [4.69, 9.17) is 31.6 Å². The Morgan fingerprint density at radius 2 is 1.81 bits per heavy atom. The van der Waals surface area contributed by atoms with Gasteiger partial charge in [-0.3, -0.25) is 9.09 Å². The van der Waals surface area contributed by atoms with Crippen LogP contribution in [0.25, 0.3) is 0 Å². The van der Waals surface area contributed by atoms with Gasteiger partial charge in [-0.1, -0.05) is 0 Å². The minimum absolute atomic E-state index is 0.238. The van der Waals surface area contributed by atoms with Gasteiger partial charge in [0.25, 0.3) is 5.85 Å². The fourth-order valence-electron chi connectivity index (χ4n) is 2.51. The number of phosphoric ester groups is 1. The average molecular weight is 532 g/mol. The third-order valence-corrected chi connectivity index (χ3v) is 7.88. The zero-order valence-corrected chi connectivity index (χ0v) is 19.0. The van der Waals surface area contributed by atoms with Gasteiger partial charge in [0, 0.05) is 11.9 Å². The van der Waals surface area contributed by atoms with Gasteiger partial charge in [-0.25, -0.2) is 27.5 Å². The van der Waals surface area contributed by atoms with Crippen LogP contribution in [0.3, 0.4) is 0 Å². The summed E-state index contributed by atoms with van der Waals surface area (Å²) in [5.74, 6) is -3.50. The molecule has 1 aromatic heterocycles. The van der Waals surface area contributed by atoms with E-state index in [0.717, 1.165) is 11.5 Å². The molecule has 1 aromatic rings. The number of aryl methyl sites for hydroxylation is 1. The van der Waals surface area contributed by atoms with E-state index >= 15 is 8.78 Å². The summed E-state index contributed by atoms with van der Waals surface area (Å²) in [6, 6.07) is 1.38. The van der Waals surface area contributed by atoms with Crippen LogP contribution in [-0.2, 0) is 31.6 Å². The maximum atomic E-state index is 15.1. The van der Waals surface area contributed by atoms with E-state index in [2.05, 4.69) is 18.1 Å². The van der Waals surface area contributed by atoms with Crippen LogP contribution in [0.15, 0.2) is 12.3 Å². The molecule has 31 heavy (non-hydrogen) atoms. The molecule has 3 unspecified atom stereocenters. The summed E-state index contributed by atoms with van der Waals surface area (Å²) in [6.45, 7) is 0.595. The molecule has 1 aliphatic heterocycles. The van der Waals surface area contributed by atoms with Crippen LogP contribution >= 0.6 is 35.7 Å². The average Bonchev–Trinajstić information content (AvgIpc) is 2.71. The molecule has 2 rings (SSSR count). The Morgan fingerprint density at radius 1 is 1.23 bits per heavy atom. The molecule has 1 saturated heterocycles. The van der Waals surface area contributed by atoms with Crippen molar-refractivity contribution >= 4 is 35.7 Å². The highest BCUT2D eigenvalue weighted by atomic mass is 32.1. The normalized spacial score (nSPS) is 33.1. The molecule has 5 N–H and O–H groups in total. The molecule has 0 amide bonds. The molecule has 2 heterocycles. The first-order chi connectivity index (χ1) is 13.8. The van der Waals surface area contributed by atoms with E-state index in [9.17, 15) is 23.7 Å². The summed E-state index contributed by atoms with van der Waals surface area (Å²) in [4.78, 5) is 39.3. The molecular weight excluding hydrogens is 515 g/mol. The third kappa shape index (κ3) is 6.51. The zero-order valence-electron chi connectivity index (χ0n) is 15.5. The Bertz CT molecular complexity index is 1050. The number of alkyl halides is 2. The molecule has 20 heteroatoms.